The van der Waals surface area contributed by atoms with Crippen LogP contribution in [0.1, 0.15) is 17.5 Å². The SMILES string of the molecule is Fc1ccc(COc2cccc3[nH]cc(CCN4CC[C@H](OC(F)F)C4)c23)cc1. The predicted octanol–water partition coefficient (Wildman–Crippen LogP) is 4.74. The smallest absolute Gasteiger partial charge is 0.345 e. The fraction of sp³-hybridized carbons (Fsp3) is 0.364. The van der Waals surface area contributed by atoms with Crippen LogP contribution in [0, 0.1) is 5.82 Å². The second-order valence-corrected chi connectivity index (χ2v) is 7.27. The summed E-state index contributed by atoms with van der Waals surface area (Å²) in [7, 11) is 0. The van der Waals surface area contributed by atoms with Gasteiger partial charge in [-0.3, -0.25) is 0 Å². The van der Waals surface area contributed by atoms with E-state index in [4.69, 9.17) is 4.74 Å². The van der Waals surface area contributed by atoms with E-state index in [1.54, 1.807) is 12.1 Å². The number of likely N-dealkylation sites (tertiary alicyclic amines) is 1. The van der Waals surface area contributed by atoms with Gasteiger partial charge in [0.05, 0.1) is 6.10 Å². The Labute approximate surface area is 167 Å². The molecular weight excluding hydrogens is 381 g/mol. The first-order valence-corrected chi connectivity index (χ1v) is 9.70. The molecule has 0 bridgehead atoms. The minimum Gasteiger partial charge on any atom is -0.488 e. The summed E-state index contributed by atoms with van der Waals surface area (Å²) in [6, 6.07) is 12.1. The number of hydrogen-bond acceptors (Lipinski definition) is 3. The molecule has 0 radical (unpaired) electrons. The lowest BCUT2D eigenvalue weighted by atomic mass is 10.1. The highest BCUT2D eigenvalue weighted by atomic mass is 19.3. The number of nitrogens with one attached hydrogen (secondary N) is 1. The molecule has 2 heterocycles. The van der Waals surface area contributed by atoms with E-state index in [2.05, 4.69) is 14.6 Å². The molecule has 29 heavy (non-hydrogen) atoms. The van der Waals surface area contributed by atoms with Gasteiger partial charge >= 0.3 is 6.61 Å². The normalized spacial score (nSPS) is 17.4. The molecule has 4 nitrogen and oxygen atoms in total. The molecule has 1 fully saturated rings. The van der Waals surface area contributed by atoms with E-state index in [-0.39, 0.29) is 5.82 Å². The quantitative estimate of drug-likeness (QED) is 0.589. The summed E-state index contributed by atoms with van der Waals surface area (Å²) in [6.45, 7) is -0.311. The fourth-order valence-corrected chi connectivity index (χ4v) is 3.81. The van der Waals surface area contributed by atoms with Crippen LogP contribution in [0.2, 0.25) is 0 Å². The Kier molecular flexibility index (Phi) is 6.06. The minimum atomic E-state index is -2.71. The summed E-state index contributed by atoms with van der Waals surface area (Å²) >= 11 is 0. The van der Waals surface area contributed by atoms with Gasteiger partial charge in [0, 0.05) is 36.7 Å². The van der Waals surface area contributed by atoms with E-state index >= 15 is 0 Å². The number of fused-ring (bicyclic) bond motifs is 1. The number of H-pyrrole nitrogens is 1. The van der Waals surface area contributed by atoms with Gasteiger partial charge < -0.3 is 19.4 Å². The largest absolute Gasteiger partial charge is 0.488 e. The molecule has 4 rings (SSSR count). The van der Waals surface area contributed by atoms with Crippen molar-refractivity contribution in [1.29, 1.82) is 0 Å². The molecule has 0 aliphatic carbocycles. The lowest BCUT2D eigenvalue weighted by Gasteiger charge is -2.16. The van der Waals surface area contributed by atoms with Crippen molar-refractivity contribution in [2.45, 2.75) is 32.2 Å². The van der Waals surface area contributed by atoms with Gasteiger partial charge in [-0.15, -0.1) is 0 Å². The maximum atomic E-state index is 13.1. The second kappa shape index (κ2) is 8.88. The first kappa shape index (κ1) is 19.8. The number of rotatable bonds is 8. The van der Waals surface area contributed by atoms with Crippen LogP contribution in [0.25, 0.3) is 10.9 Å². The van der Waals surface area contributed by atoms with Crippen LogP contribution in [0.15, 0.2) is 48.7 Å². The molecule has 1 atom stereocenters. The average molecular weight is 404 g/mol. The molecular formula is C22H23F3N2O2. The third kappa shape index (κ3) is 4.92. The van der Waals surface area contributed by atoms with Gasteiger partial charge in [-0.1, -0.05) is 18.2 Å². The van der Waals surface area contributed by atoms with Crippen molar-refractivity contribution >= 4 is 10.9 Å². The number of benzene rings is 2. The summed E-state index contributed by atoms with van der Waals surface area (Å²) in [6.07, 6.45) is 2.98. The lowest BCUT2D eigenvalue weighted by molar-refractivity contribution is -0.158. The van der Waals surface area contributed by atoms with E-state index in [0.29, 0.717) is 19.6 Å². The van der Waals surface area contributed by atoms with E-state index in [0.717, 1.165) is 47.3 Å². The van der Waals surface area contributed by atoms with Gasteiger partial charge in [-0.05, 0) is 48.2 Å². The molecule has 3 aromatic rings. The molecule has 1 saturated heterocycles. The minimum absolute atomic E-state index is 0.271. The topological polar surface area (TPSA) is 37.5 Å². The first-order valence-electron chi connectivity index (χ1n) is 9.70. The molecule has 7 heteroatoms. The van der Waals surface area contributed by atoms with Crippen molar-refractivity contribution in [3.05, 3.63) is 65.6 Å². The average Bonchev–Trinajstić information content (AvgIpc) is 3.32. The number of hydrogen-bond donors (Lipinski definition) is 1. The van der Waals surface area contributed by atoms with E-state index in [9.17, 15) is 13.2 Å². The molecule has 0 spiro atoms. The zero-order valence-corrected chi connectivity index (χ0v) is 15.9. The van der Waals surface area contributed by atoms with E-state index < -0.39 is 12.7 Å². The van der Waals surface area contributed by atoms with Crippen LogP contribution in [0.3, 0.4) is 0 Å². The summed E-state index contributed by atoms with van der Waals surface area (Å²) < 4.78 is 48.5. The molecule has 0 saturated carbocycles. The molecule has 1 N–H and O–H groups in total. The Morgan fingerprint density at radius 1 is 1.14 bits per heavy atom. The maximum Gasteiger partial charge on any atom is 0.345 e. The molecule has 1 aromatic heterocycles. The molecule has 0 amide bonds. The summed E-state index contributed by atoms with van der Waals surface area (Å²) in [5.41, 5.74) is 2.99. The third-order valence-electron chi connectivity index (χ3n) is 5.28. The highest BCUT2D eigenvalue weighted by Gasteiger charge is 2.25. The number of aromatic nitrogens is 1. The Morgan fingerprint density at radius 3 is 2.76 bits per heavy atom. The Hall–Kier alpha value is -2.51. The Balaban J connectivity index is 1.41. The van der Waals surface area contributed by atoms with Crippen LogP contribution in [-0.4, -0.2) is 42.2 Å². The van der Waals surface area contributed by atoms with Gasteiger partial charge in [0.15, 0.2) is 0 Å². The Morgan fingerprint density at radius 2 is 1.97 bits per heavy atom. The number of nitrogens with zero attached hydrogens (tertiary/aromatic N) is 1. The van der Waals surface area contributed by atoms with Crippen molar-refractivity contribution in [2.24, 2.45) is 0 Å². The van der Waals surface area contributed by atoms with Gasteiger partial charge in [-0.2, -0.15) is 8.78 Å². The monoisotopic (exact) mass is 404 g/mol. The summed E-state index contributed by atoms with van der Waals surface area (Å²) in [5, 5.41) is 1.02. The van der Waals surface area contributed by atoms with Gasteiger partial charge in [0.25, 0.3) is 0 Å². The number of alkyl halides is 2. The van der Waals surface area contributed by atoms with Crippen molar-refractivity contribution in [2.75, 3.05) is 19.6 Å². The summed E-state index contributed by atoms with van der Waals surface area (Å²) in [5.74, 6) is 0.496. The van der Waals surface area contributed by atoms with Crippen LogP contribution < -0.4 is 4.74 Å². The zero-order chi connectivity index (χ0) is 20.2. The highest BCUT2D eigenvalue weighted by Crippen LogP contribution is 2.30. The van der Waals surface area contributed by atoms with Crippen LogP contribution in [-0.2, 0) is 17.8 Å². The van der Waals surface area contributed by atoms with Crippen LogP contribution in [0.4, 0.5) is 13.2 Å². The van der Waals surface area contributed by atoms with Gasteiger partial charge in [-0.25, -0.2) is 4.39 Å². The summed E-state index contributed by atoms with van der Waals surface area (Å²) in [4.78, 5) is 5.42. The molecule has 154 valence electrons. The number of ether oxygens (including phenoxy) is 2. The third-order valence-corrected chi connectivity index (χ3v) is 5.28. The van der Waals surface area contributed by atoms with Gasteiger partial charge in [0.1, 0.15) is 18.2 Å². The zero-order valence-electron chi connectivity index (χ0n) is 15.9. The van der Waals surface area contributed by atoms with Crippen molar-refractivity contribution in [3.8, 4) is 5.75 Å². The maximum absolute atomic E-state index is 13.1. The van der Waals surface area contributed by atoms with Crippen LogP contribution >= 0.6 is 0 Å². The van der Waals surface area contributed by atoms with E-state index in [1.165, 1.54) is 12.1 Å². The second-order valence-electron chi connectivity index (χ2n) is 7.27. The molecule has 1 aliphatic heterocycles. The fourth-order valence-electron chi connectivity index (χ4n) is 3.81. The van der Waals surface area contributed by atoms with Crippen molar-refractivity contribution in [1.82, 2.24) is 9.88 Å². The van der Waals surface area contributed by atoms with Crippen LogP contribution in [0.5, 0.6) is 5.75 Å². The number of halogens is 3. The van der Waals surface area contributed by atoms with Gasteiger partial charge in [0.2, 0.25) is 0 Å². The standard InChI is InChI=1S/C22H23F3N2O2/c23-17-6-4-15(5-7-17)14-28-20-3-1-2-19-21(20)16(12-26-19)8-10-27-11-9-18(13-27)29-22(24)25/h1-7,12,18,22,26H,8-11,13-14H2/t18-/m0/s1. The van der Waals surface area contributed by atoms with E-state index in [1.807, 2.05) is 24.4 Å². The molecule has 0 unspecified atom stereocenters. The number of aromatic amines is 1. The highest BCUT2D eigenvalue weighted by molar-refractivity contribution is 5.89. The van der Waals surface area contributed by atoms with Crippen molar-refractivity contribution in [3.63, 3.8) is 0 Å². The van der Waals surface area contributed by atoms with Crippen molar-refractivity contribution < 1.29 is 22.6 Å². The lowest BCUT2D eigenvalue weighted by Crippen LogP contribution is -2.26. The molecule has 1 aliphatic rings. The first-order chi connectivity index (χ1) is 14.1. The predicted molar refractivity (Wildman–Crippen MR) is 105 cm³/mol. The molecule has 2 aromatic carbocycles. The Bertz CT molecular complexity index is 943.